The fourth-order valence-electron chi connectivity index (χ4n) is 4.99. The quantitative estimate of drug-likeness (QED) is 0.364. The van der Waals surface area contributed by atoms with Gasteiger partial charge < -0.3 is 5.32 Å². The van der Waals surface area contributed by atoms with Gasteiger partial charge in [0.1, 0.15) is 0 Å². The molecule has 5 rings (SSSR count). The zero-order valence-corrected chi connectivity index (χ0v) is 20.5. The Hall–Kier alpha value is -2.70. The zero-order chi connectivity index (χ0) is 22.9. The summed E-state index contributed by atoms with van der Waals surface area (Å²) in [6, 6.07) is 15.7. The van der Waals surface area contributed by atoms with Crippen LogP contribution in [0.15, 0.2) is 48.7 Å². The van der Waals surface area contributed by atoms with Crippen molar-refractivity contribution in [2.75, 3.05) is 13.1 Å². The Kier molecular flexibility index (Phi) is 6.21. The fraction of sp³-hybridized carbons (Fsp3) is 0.407. The Balaban J connectivity index is 1.24. The second kappa shape index (κ2) is 9.27. The SMILES string of the molecule is Cc1ccc(-c2cn3c(n2)sc2cc(C(=O)NCCCN4[C@@H](C)CCC[C@@H]4C)ccc23)cc1. The van der Waals surface area contributed by atoms with Gasteiger partial charge in [0.15, 0.2) is 4.96 Å². The van der Waals surface area contributed by atoms with Crippen molar-refractivity contribution >= 4 is 32.4 Å². The van der Waals surface area contributed by atoms with Gasteiger partial charge >= 0.3 is 0 Å². The van der Waals surface area contributed by atoms with Crippen molar-refractivity contribution < 1.29 is 4.79 Å². The van der Waals surface area contributed by atoms with Gasteiger partial charge in [-0.25, -0.2) is 4.98 Å². The van der Waals surface area contributed by atoms with E-state index in [1.165, 1.54) is 24.8 Å². The van der Waals surface area contributed by atoms with Crippen LogP contribution in [0.4, 0.5) is 0 Å². The molecular weight excluding hydrogens is 428 g/mol. The molecule has 2 atom stereocenters. The van der Waals surface area contributed by atoms with Gasteiger partial charge in [-0.05, 0) is 58.2 Å². The second-order valence-corrected chi connectivity index (χ2v) is 10.4. The van der Waals surface area contributed by atoms with Crippen molar-refractivity contribution in [3.8, 4) is 11.3 Å². The lowest BCUT2D eigenvalue weighted by atomic mass is 9.97. The van der Waals surface area contributed by atoms with E-state index in [2.05, 4.69) is 65.9 Å². The number of hydrogen-bond donors (Lipinski definition) is 1. The van der Waals surface area contributed by atoms with Crippen LogP contribution in [0.5, 0.6) is 0 Å². The first-order valence-corrected chi connectivity index (χ1v) is 12.8. The topological polar surface area (TPSA) is 49.6 Å². The van der Waals surface area contributed by atoms with Gasteiger partial charge in [0.05, 0.1) is 15.9 Å². The van der Waals surface area contributed by atoms with E-state index in [4.69, 9.17) is 4.98 Å². The Morgan fingerprint density at radius 1 is 1.12 bits per heavy atom. The van der Waals surface area contributed by atoms with Crippen LogP contribution in [0.2, 0.25) is 0 Å². The largest absolute Gasteiger partial charge is 0.352 e. The summed E-state index contributed by atoms with van der Waals surface area (Å²) in [6.07, 6.45) is 6.97. The van der Waals surface area contributed by atoms with Crippen LogP contribution < -0.4 is 5.32 Å². The fourth-order valence-corrected chi connectivity index (χ4v) is 6.03. The van der Waals surface area contributed by atoms with Gasteiger partial charge in [-0.15, -0.1) is 0 Å². The van der Waals surface area contributed by atoms with Gasteiger partial charge in [-0.1, -0.05) is 47.6 Å². The van der Waals surface area contributed by atoms with Crippen molar-refractivity contribution in [3.63, 3.8) is 0 Å². The number of carbonyl (C=O) groups is 1. The molecule has 1 amide bonds. The van der Waals surface area contributed by atoms with E-state index in [-0.39, 0.29) is 5.91 Å². The summed E-state index contributed by atoms with van der Waals surface area (Å²) in [6.45, 7) is 8.50. The second-order valence-electron chi connectivity index (χ2n) is 9.41. The molecule has 33 heavy (non-hydrogen) atoms. The molecule has 1 fully saturated rings. The third-order valence-corrected chi connectivity index (χ3v) is 7.98. The Bertz CT molecular complexity index is 1260. The maximum Gasteiger partial charge on any atom is 0.251 e. The number of hydrogen-bond acceptors (Lipinski definition) is 4. The molecule has 0 saturated carbocycles. The number of benzene rings is 2. The normalized spacial score (nSPS) is 19.4. The van der Waals surface area contributed by atoms with Crippen LogP contribution in [0.1, 0.15) is 55.5 Å². The van der Waals surface area contributed by atoms with Crippen LogP contribution in [0, 0.1) is 6.92 Å². The van der Waals surface area contributed by atoms with E-state index in [9.17, 15) is 4.79 Å². The average molecular weight is 461 g/mol. The van der Waals surface area contributed by atoms with Crippen LogP contribution >= 0.6 is 11.3 Å². The van der Waals surface area contributed by atoms with E-state index in [1.807, 2.05) is 18.2 Å². The molecule has 0 unspecified atom stereocenters. The summed E-state index contributed by atoms with van der Waals surface area (Å²) in [4.78, 5) is 21.1. The first kappa shape index (κ1) is 22.1. The van der Waals surface area contributed by atoms with Crippen molar-refractivity contribution in [1.82, 2.24) is 19.6 Å². The molecule has 0 spiro atoms. The Labute approximate surface area is 199 Å². The van der Waals surface area contributed by atoms with Gasteiger partial charge in [0, 0.05) is 42.5 Å². The van der Waals surface area contributed by atoms with E-state index < -0.39 is 0 Å². The number of likely N-dealkylation sites (tertiary alicyclic amines) is 1. The lowest BCUT2D eigenvalue weighted by Crippen LogP contribution is -2.44. The number of aryl methyl sites for hydroxylation is 1. The molecular formula is C27H32N4OS. The highest BCUT2D eigenvalue weighted by molar-refractivity contribution is 7.23. The third kappa shape index (κ3) is 4.55. The molecule has 4 aromatic rings. The van der Waals surface area contributed by atoms with E-state index >= 15 is 0 Å². The van der Waals surface area contributed by atoms with Crippen molar-refractivity contribution in [3.05, 3.63) is 59.8 Å². The Morgan fingerprint density at radius 2 is 1.88 bits per heavy atom. The molecule has 0 aliphatic carbocycles. The third-order valence-electron chi connectivity index (χ3n) is 6.96. The molecule has 2 aromatic heterocycles. The van der Waals surface area contributed by atoms with Gasteiger partial charge in [-0.3, -0.25) is 14.1 Å². The van der Waals surface area contributed by atoms with Gasteiger partial charge in [-0.2, -0.15) is 0 Å². The minimum Gasteiger partial charge on any atom is -0.352 e. The summed E-state index contributed by atoms with van der Waals surface area (Å²) in [5.74, 6) is 0.00280. The number of nitrogens with one attached hydrogen (secondary N) is 1. The van der Waals surface area contributed by atoms with Gasteiger partial charge in [0.2, 0.25) is 0 Å². The molecule has 1 aliphatic rings. The summed E-state index contributed by atoms with van der Waals surface area (Å²) in [7, 11) is 0. The molecule has 1 aliphatic heterocycles. The lowest BCUT2D eigenvalue weighted by molar-refractivity contribution is 0.0925. The summed E-state index contributed by atoms with van der Waals surface area (Å²) < 4.78 is 3.20. The molecule has 1 N–H and O–H groups in total. The number of piperidine rings is 1. The molecule has 2 aromatic carbocycles. The first-order chi connectivity index (χ1) is 16.0. The molecule has 172 valence electrons. The maximum atomic E-state index is 12.7. The minimum atomic E-state index is 0.00280. The summed E-state index contributed by atoms with van der Waals surface area (Å²) in [5.41, 5.74) is 5.14. The summed E-state index contributed by atoms with van der Waals surface area (Å²) >= 11 is 1.62. The first-order valence-electron chi connectivity index (χ1n) is 12.0. The standard InChI is InChI=1S/C27H32N4OS/c1-18-8-10-21(11-9-18)23-17-31-24-13-12-22(16-25(24)33-27(31)29-23)26(32)28-14-5-15-30-19(2)6-4-7-20(30)3/h8-13,16-17,19-20H,4-7,14-15H2,1-3H3,(H,28,32)/t19-,20-/m0/s1. The van der Waals surface area contributed by atoms with Crippen molar-refractivity contribution in [2.45, 2.75) is 58.5 Å². The van der Waals surface area contributed by atoms with Crippen molar-refractivity contribution in [2.24, 2.45) is 0 Å². The van der Waals surface area contributed by atoms with Crippen LogP contribution in [0.25, 0.3) is 26.4 Å². The lowest BCUT2D eigenvalue weighted by Gasteiger charge is -2.39. The minimum absolute atomic E-state index is 0.00280. The van der Waals surface area contributed by atoms with E-state index in [0.717, 1.165) is 39.4 Å². The van der Waals surface area contributed by atoms with Gasteiger partial charge in [0.25, 0.3) is 5.91 Å². The number of carbonyl (C=O) groups excluding carboxylic acids is 1. The highest BCUT2D eigenvalue weighted by Gasteiger charge is 2.23. The predicted octanol–water partition coefficient (Wildman–Crippen LogP) is 5.91. The number of nitrogens with zero attached hydrogens (tertiary/aromatic N) is 3. The number of fused-ring (bicyclic) bond motifs is 3. The van der Waals surface area contributed by atoms with Crippen molar-refractivity contribution in [1.29, 1.82) is 0 Å². The molecule has 0 bridgehead atoms. The molecule has 5 nitrogen and oxygen atoms in total. The highest BCUT2D eigenvalue weighted by atomic mass is 32.1. The number of amides is 1. The summed E-state index contributed by atoms with van der Waals surface area (Å²) in [5, 5.41) is 3.11. The molecule has 3 heterocycles. The van der Waals surface area contributed by atoms with Crippen LogP contribution in [-0.4, -0.2) is 45.4 Å². The highest BCUT2D eigenvalue weighted by Crippen LogP contribution is 2.30. The maximum absolute atomic E-state index is 12.7. The number of rotatable bonds is 6. The van der Waals surface area contributed by atoms with Crippen LogP contribution in [0.3, 0.4) is 0 Å². The molecule has 6 heteroatoms. The number of aromatic nitrogens is 2. The predicted molar refractivity (Wildman–Crippen MR) is 137 cm³/mol. The van der Waals surface area contributed by atoms with E-state index in [1.54, 1.807) is 11.3 Å². The number of thiazole rings is 1. The molecule has 1 saturated heterocycles. The number of imidazole rings is 1. The monoisotopic (exact) mass is 460 g/mol. The zero-order valence-electron chi connectivity index (χ0n) is 19.7. The Morgan fingerprint density at radius 3 is 2.64 bits per heavy atom. The van der Waals surface area contributed by atoms with E-state index in [0.29, 0.717) is 24.2 Å². The average Bonchev–Trinajstić information content (AvgIpc) is 3.36. The van der Waals surface area contributed by atoms with Crippen LogP contribution in [-0.2, 0) is 0 Å². The smallest absolute Gasteiger partial charge is 0.251 e. The molecule has 0 radical (unpaired) electrons.